The van der Waals surface area contributed by atoms with E-state index in [2.05, 4.69) is 22.2 Å². The molecule has 2 N–H and O–H groups in total. The summed E-state index contributed by atoms with van der Waals surface area (Å²) in [6.45, 7) is 4.46. The number of pyridine rings is 1. The maximum absolute atomic E-state index is 13.1. The zero-order valence-electron chi connectivity index (χ0n) is 19.3. The number of rotatable bonds is 8. The predicted octanol–water partition coefficient (Wildman–Crippen LogP) is 2.66. The maximum Gasteiger partial charge on any atom is 0.251 e. The number of piperidine rings is 1. The first kappa shape index (κ1) is 24.6. The minimum atomic E-state index is -3.73. The average Bonchev–Trinajstić information content (AvgIpc) is 2.88. The molecule has 3 aromatic rings. The SMILES string of the molecule is C=CC(=O)N[C@H]1CCCN(S(=O)(=O)c2ccc(C(=O)NCCc3ccc4cccnc4c3)cc2)C1. The topological polar surface area (TPSA) is 108 Å². The molecule has 8 nitrogen and oxygen atoms in total. The summed E-state index contributed by atoms with van der Waals surface area (Å²) in [7, 11) is -3.73. The zero-order chi connectivity index (χ0) is 24.8. The van der Waals surface area contributed by atoms with E-state index in [1.54, 1.807) is 6.20 Å². The van der Waals surface area contributed by atoms with Gasteiger partial charge in [0.2, 0.25) is 15.9 Å². The van der Waals surface area contributed by atoms with Crippen LogP contribution in [-0.2, 0) is 21.2 Å². The van der Waals surface area contributed by atoms with Crippen LogP contribution < -0.4 is 10.6 Å². The van der Waals surface area contributed by atoms with Crippen LogP contribution in [0.1, 0.15) is 28.8 Å². The minimum absolute atomic E-state index is 0.119. The molecule has 182 valence electrons. The Morgan fingerprint density at radius 1 is 1.14 bits per heavy atom. The zero-order valence-corrected chi connectivity index (χ0v) is 20.1. The maximum atomic E-state index is 13.1. The van der Waals surface area contributed by atoms with Gasteiger partial charge in [-0.05, 0) is 67.3 Å². The van der Waals surface area contributed by atoms with Crippen molar-refractivity contribution in [2.45, 2.75) is 30.2 Å². The summed E-state index contributed by atoms with van der Waals surface area (Å²) in [5, 5.41) is 6.71. The van der Waals surface area contributed by atoms with Gasteiger partial charge < -0.3 is 10.6 Å². The van der Waals surface area contributed by atoms with Gasteiger partial charge in [-0.2, -0.15) is 4.31 Å². The highest BCUT2D eigenvalue weighted by Gasteiger charge is 2.30. The summed E-state index contributed by atoms with van der Waals surface area (Å²) in [5.74, 6) is -0.583. The van der Waals surface area contributed by atoms with Crippen molar-refractivity contribution in [2.75, 3.05) is 19.6 Å². The summed E-state index contributed by atoms with van der Waals surface area (Å²) < 4.78 is 27.5. The summed E-state index contributed by atoms with van der Waals surface area (Å²) >= 11 is 0. The number of nitrogens with one attached hydrogen (secondary N) is 2. The Morgan fingerprint density at radius 2 is 1.94 bits per heavy atom. The van der Waals surface area contributed by atoms with Gasteiger partial charge in [0, 0.05) is 42.8 Å². The molecule has 0 radical (unpaired) electrons. The van der Waals surface area contributed by atoms with E-state index in [4.69, 9.17) is 0 Å². The third-order valence-corrected chi connectivity index (χ3v) is 7.92. The van der Waals surface area contributed by atoms with Crippen LogP contribution in [0.15, 0.2) is 78.3 Å². The number of nitrogens with zero attached hydrogens (tertiary/aromatic N) is 2. The minimum Gasteiger partial charge on any atom is -0.352 e. The second-order valence-electron chi connectivity index (χ2n) is 8.48. The number of carbonyl (C=O) groups excluding carboxylic acids is 2. The number of aromatic nitrogens is 1. The largest absolute Gasteiger partial charge is 0.352 e. The molecule has 2 aromatic carbocycles. The van der Waals surface area contributed by atoms with Crippen molar-refractivity contribution in [3.05, 3.63) is 84.6 Å². The molecule has 1 aromatic heterocycles. The molecule has 2 heterocycles. The van der Waals surface area contributed by atoms with Gasteiger partial charge in [-0.3, -0.25) is 14.6 Å². The second-order valence-corrected chi connectivity index (χ2v) is 10.4. The molecule has 1 fully saturated rings. The Balaban J connectivity index is 1.34. The van der Waals surface area contributed by atoms with Crippen molar-refractivity contribution >= 4 is 32.7 Å². The number of carbonyl (C=O) groups is 2. The second kappa shape index (κ2) is 10.8. The molecule has 1 saturated heterocycles. The molecule has 0 saturated carbocycles. The monoisotopic (exact) mass is 492 g/mol. The van der Waals surface area contributed by atoms with Crippen molar-refractivity contribution in [2.24, 2.45) is 0 Å². The van der Waals surface area contributed by atoms with E-state index in [0.717, 1.165) is 16.5 Å². The fourth-order valence-corrected chi connectivity index (χ4v) is 5.68. The Labute approximate surface area is 205 Å². The fraction of sp³-hybridized carbons (Fsp3) is 0.269. The number of amides is 2. The molecule has 0 aliphatic carbocycles. The quantitative estimate of drug-likeness (QED) is 0.470. The van der Waals surface area contributed by atoms with Crippen LogP contribution in [-0.4, -0.2) is 55.2 Å². The molecule has 4 rings (SSSR count). The number of benzene rings is 2. The average molecular weight is 493 g/mol. The van der Waals surface area contributed by atoms with Gasteiger partial charge in [0.25, 0.3) is 5.91 Å². The third kappa shape index (κ3) is 5.93. The molecule has 1 atom stereocenters. The highest BCUT2D eigenvalue weighted by Crippen LogP contribution is 2.21. The summed E-state index contributed by atoms with van der Waals surface area (Å²) in [4.78, 5) is 28.6. The third-order valence-electron chi connectivity index (χ3n) is 6.04. The van der Waals surface area contributed by atoms with Crippen molar-refractivity contribution in [1.29, 1.82) is 0 Å². The molecule has 1 aliphatic heterocycles. The molecule has 0 bridgehead atoms. The first-order valence-corrected chi connectivity index (χ1v) is 13.0. The van der Waals surface area contributed by atoms with Crippen molar-refractivity contribution < 1.29 is 18.0 Å². The lowest BCUT2D eigenvalue weighted by atomic mass is 10.1. The standard InChI is InChI=1S/C26H28N4O4S/c1-2-25(31)29-22-6-4-16-30(18-22)35(33,34)23-11-9-21(10-12-23)26(32)28-15-13-19-7-8-20-5-3-14-27-24(20)17-19/h2-3,5,7-12,14,17,22H,1,4,6,13,15-16,18H2,(H,28,32)(H,29,31)/t22-/m0/s1. The number of hydrogen-bond acceptors (Lipinski definition) is 5. The predicted molar refractivity (Wildman–Crippen MR) is 134 cm³/mol. The normalized spacial score (nSPS) is 16.5. The first-order valence-electron chi connectivity index (χ1n) is 11.5. The Bertz CT molecular complexity index is 1340. The van der Waals surface area contributed by atoms with Crippen LogP contribution in [0.5, 0.6) is 0 Å². The Hall–Kier alpha value is -3.56. The van der Waals surface area contributed by atoms with Gasteiger partial charge in [-0.25, -0.2) is 8.42 Å². The van der Waals surface area contributed by atoms with Crippen LogP contribution in [0.2, 0.25) is 0 Å². The lowest BCUT2D eigenvalue weighted by Crippen LogP contribution is -2.49. The van der Waals surface area contributed by atoms with E-state index in [-0.39, 0.29) is 29.3 Å². The van der Waals surface area contributed by atoms with Gasteiger partial charge in [-0.15, -0.1) is 0 Å². The van der Waals surface area contributed by atoms with E-state index in [1.165, 1.54) is 34.6 Å². The highest BCUT2D eigenvalue weighted by molar-refractivity contribution is 7.89. The van der Waals surface area contributed by atoms with Gasteiger partial charge >= 0.3 is 0 Å². The summed E-state index contributed by atoms with van der Waals surface area (Å²) in [6, 6.07) is 15.6. The lowest BCUT2D eigenvalue weighted by molar-refractivity contribution is -0.117. The number of hydrogen-bond donors (Lipinski definition) is 2. The first-order chi connectivity index (χ1) is 16.9. The van der Waals surface area contributed by atoms with Crippen molar-refractivity contribution in [1.82, 2.24) is 19.9 Å². The molecular formula is C26H28N4O4S. The number of sulfonamides is 1. The highest BCUT2D eigenvalue weighted by atomic mass is 32.2. The van der Waals surface area contributed by atoms with E-state index in [1.807, 2.05) is 30.3 Å². The smallest absolute Gasteiger partial charge is 0.251 e. The van der Waals surface area contributed by atoms with Crippen molar-refractivity contribution in [3.63, 3.8) is 0 Å². The van der Waals surface area contributed by atoms with E-state index < -0.39 is 10.0 Å². The van der Waals surface area contributed by atoms with E-state index >= 15 is 0 Å². The number of fused-ring (bicyclic) bond motifs is 1. The molecule has 0 unspecified atom stereocenters. The van der Waals surface area contributed by atoms with E-state index in [0.29, 0.717) is 37.9 Å². The molecule has 2 amide bonds. The van der Waals surface area contributed by atoms with Crippen molar-refractivity contribution in [3.8, 4) is 0 Å². The van der Waals surface area contributed by atoms with Gasteiger partial charge in [0.05, 0.1) is 10.4 Å². The lowest BCUT2D eigenvalue weighted by Gasteiger charge is -2.32. The van der Waals surface area contributed by atoms with Gasteiger partial charge in [0.15, 0.2) is 0 Å². The molecule has 9 heteroatoms. The van der Waals surface area contributed by atoms with Crippen LogP contribution in [0, 0.1) is 0 Å². The molecule has 1 aliphatic rings. The molecular weight excluding hydrogens is 464 g/mol. The van der Waals surface area contributed by atoms with E-state index in [9.17, 15) is 18.0 Å². The van der Waals surface area contributed by atoms with Crippen LogP contribution in [0.4, 0.5) is 0 Å². The molecule has 35 heavy (non-hydrogen) atoms. The fourth-order valence-electron chi connectivity index (χ4n) is 4.16. The Kier molecular flexibility index (Phi) is 7.57. The summed E-state index contributed by atoms with van der Waals surface area (Å²) in [6.07, 6.45) is 4.94. The van der Waals surface area contributed by atoms with Crippen LogP contribution in [0.25, 0.3) is 10.9 Å². The Morgan fingerprint density at radius 3 is 2.71 bits per heavy atom. The van der Waals surface area contributed by atoms with Gasteiger partial charge in [-0.1, -0.05) is 24.8 Å². The summed E-state index contributed by atoms with van der Waals surface area (Å²) in [5.41, 5.74) is 2.37. The van der Waals surface area contributed by atoms with Crippen LogP contribution >= 0.6 is 0 Å². The van der Waals surface area contributed by atoms with Gasteiger partial charge in [0.1, 0.15) is 0 Å². The van der Waals surface area contributed by atoms with Crippen LogP contribution in [0.3, 0.4) is 0 Å². The molecule has 0 spiro atoms.